The van der Waals surface area contributed by atoms with E-state index in [-0.39, 0.29) is 0 Å². The van der Waals surface area contributed by atoms with Crippen molar-refractivity contribution in [3.8, 4) is 0 Å². The number of aliphatic imine (C=N–C) groups is 1. The minimum atomic E-state index is -3.36. The zero-order chi connectivity index (χ0) is 20.5. The Labute approximate surface area is 178 Å². The van der Waals surface area contributed by atoms with Crippen molar-refractivity contribution in [1.29, 1.82) is 0 Å². The van der Waals surface area contributed by atoms with Crippen LogP contribution in [0.4, 0.5) is 0 Å². The number of nitrogens with zero attached hydrogens (tertiary/aromatic N) is 2. The maximum absolute atomic E-state index is 12.8. The number of guanidine groups is 1. The zero-order valence-corrected chi connectivity index (χ0v) is 18.6. The molecule has 0 saturated carbocycles. The number of hydrogen-bond donors (Lipinski definition) is 2. The minimum Gasteiger partial charge on any atom is -0.357 e. The van der Waals surface area contributed by atoms with Crippen molar-refractivity contribution in [3.63, 3.8) is 0 Å². The molecule has 29 heavy (non-hydrogen) atoms. The Morgan fingerprint density at radius 3 is 2.55 bits per heavy atom. The average molecular weight is 435 g/mol. The van der Waals surface area contributed by atoms with E-state index >= 15 is 0 Å². The van der Waals surface area contributed by atoms with E-state index in [9.17, 15) is 8.42 Å². The quantitative estimate of drug-likeness (QED) is 0.494. The summed E-state index contributed by atoms with van der Waals surface area (Å²) < 4.78 is 27.6. The molecule has 3 rings (SSSR count). The molecule has 0 atom stereocenters. The van der Waals surface area contributed by atoms with Crippen LogP contribution in [0.15, 0.2) is 51.7 Å². The van der Waals surface area contributed by atoms with Crippen LogP contribution < -0.4 is 10.6 Å². The fraction of sp³-hybridized carbons (Fsp3) is 0.476. The lowest BCUT2D eigenvalue weighted by atomic mass is 10.1. The number of thiophene rings is 1. The molecule has 2 aromatic rings. The third kappa shape index (κ3) is 6.29. The molecule has 0 bridgehead atoms. The predicted octanol–water partition coefficient (Wildman–Crippen LogP) is 3.22. The topological polar surface area (TPSA) is 73.8 Å². The van der Waals surface area contributed by atoms with E-state index in [1.807, 2.05) is 31.2 Å². The average Bonchev–Trinajstić information content (AvgIpc) is 3.23. The van der Waals surface area contributed by atoms with Crippen LogP contribution in [0.5, 0.6) is 0 Å². The van der Waals surface area contributed by atoms with E-state index in [1.54, 1.807) is 10.4 Å². The van der Waals surface area contributed by atoms with Gasteiger partial charge >= 0.3 is 0 Å². The summed E-state index contributed by atoms with van der Waals surface area (Å²) in [7, 11) is -3.36. The molecule has 0 radical (unpaired) electrons. The first-order valence-electron chi connectivity index (χ1n) is 10.2. The number of benzene rings is 1. The highest BCUT2D eigenvalue weighted by Gasteiger charge is 2.27. The first-order chi connectivity index (χ1) is 14.1. The first-order valence-corrected chi connectivity index (χ1v) is 12.5. The van der Waals surface area contributed by atoms with E-state index in [0.717, 1.165) is 49.6 Å². The predicted molar refractivity (Wildman–Crippen MR) is 120 cm³/mol. The van der Waals surface area contributed by atoms with Crippen LogP contribution in [0, 0.1) is 0 Å². The zero-order valence-electron chi connectivity index (χ0n) is 16.9. The van der Waals surface area contributed by atoms with Crippen molar-refractivity contribution < 1.29 is 8.42 Å². The molecular formula is C21H30N4O2S2. The molecular weight excluding hydrogens is 404 g/mol. The van der Waals surface area contributed by atoms with E-state index < -0.39 is 10.0 Å². The highest BCUT2D eigenvalue weighted by Crippen LogP contribution is 2.27. The van der Waals surface area contributed by atoms with Gasteiger partial charge in [0.2, 0.25) is 0 Å². The molecule has 0 aliphatic carbocycles. The second-order valence-electron chi connectivity index (χ2n) is 7.04. The van der Waals surface area contributed by atoms with Gasteiger partial charge in [-0.25, -0.2) is 13.4 Å². The Morgan fingerprint density at radius 2 is 1.83 bits per heavy atom. The van der Waals surface area contributed by atoms with Gasteiger partial charge in [0, 0.05) is 31.1 Å². The summed E-state index contributed by atoms with van der Waals surface area (Å²) in [6, 6.07) is 13.9. The molecule has 6 nitrogen and oxygen atoms in total. The number of rotatable bonds is 8. The summed E-state index contributed by atoms with van der Waals surface area (Å²) in [5.74, 6) is 0.747. The molecule has 1 aliphatic rings. The fourth-order valence-electron chi connectivity index (χ4n) is 3.28. The normalized spacial score (nSPS) is 16.0. The van der Waals surface area contributed by atoms with Gasteiger partial charge in [0.15, 0.2) is 5.96 Å². The molecule has 0 unspecified atom stereocenters. The summed E-state index contributed by atoms with van der Waals surface area (Å²) >= 11 is 1.32. The van der Waals surface area contributed by atoms with Crippen LogP contribution in [-0.4, -0.2) is 44.9 Å². The van der Waals surface area contributed by atoms with Crippen molar-refractivity contribution >= 4 is 27.3 Å². The van der Waals surface area contributed by atoms with Crippen molar-refractivity contribution in [2.45, 2.75) is 43.4 Å². The summed E-state index contributed by atoms with van der Waals surface area (Å²) in [6.45, 7) is 5.31. The van der Waals surface area contributed by atoms with Crippen LogP contribution in [0.1, 0.15) is 36.6 Å². The molecule has 1 aromatic carbocycles. The molecule has 1 fully saturated rings. The van der Waals surface area contributed by atoms with Crippen molar-refractivity contribution in [3.05, 3.63) is 52.9 Å². The molecule has 2 N–H and O–H groups in total. The van der Waals surface area contributed by atoms with Gasteiger partial charge < -0.3 is 10.6 Å². The van der Waals surface area contributed by atoms with E-state index in [2.05, 4.69) is 27.8 Å². The number of piperidine rings is 1. The van der Waals surface area contributed by atoms with Gasteiger partial charge in [0.25, 0.3) is 10.0 Å². The van der Waals surface area contributed by atoms with Gasteiger partial charge in [-0.15, -0.1) is 11.3 Å². The van der Waals surface area contributed by atoms with Crippen LogP contribution in [0.3, 0.4) is 0 Å². The van der Waals surface area contributed by atoms with Crippen molar-refractivity contribution in [1.82, 2.24) is 14.9 Å². The summed E-state index contributed by atoms with van der Waals surface area (Å²) in [6.07, 6.45) is 3.92. The highest BCUT2D eigenvalue weighted by molar-refractivity contribution is 7.91. The summed E-state index contributed by atoms with van der Waals surface area (Å²) in [5, 5.41) is 6.59. The van der Waals surface area contributed by atoms with Gasteiger partial charge in [0.1, 0.15) is 4.21 Å². The Bertz CT molecular complexity index is 888. The SMILES string of the molecule is CCNC(=NCc1ccc(S(=O)(=O)N2CCCCC2)s1)NCCc1ccccc1. The fourth-order valence-corrected chi connectivity index (χ4v) is 6.23. The number of hydrogen-bond acceptors (Lipinski definition) is 4. The smallest absolute Gasteiger partial charge is 0.252 e. The van der Waals surface area contributed by atoms with E-state index in [4.69, 9.17) is 0 Å². The molecule has 2 heterocycles. The van der Waals surface area contributed by atoms with Crippen molar-refractivity contribution in [2.75, 3.05) is 26.2 Å². The first kappa shape index (κ1) is 21.8. The molecule has 0 amide bonds. The number of sulfonamides is 1. The summed E-state index contributed by atoms with van der Waals surface area (Å²) in [5.41, 5.74) is 1.28. The lowest BCUT2D eigenvalue weighted by Gasteiger charge is -2.25. The second-order valence-corrected chi connectivity index (χ2v) is 10.4. The number of nitrogens with one attached hydrogen (secondary N) is 2. The lowest BCUT2D eigenvalue weighted by molar-refractivity contribution is 0.347. The van der Waals surface area contributed by atoms with Gasteiger partial charge in [-0.05, 0) is 43.9 Å². The van der Waals surface area contributed by atoms with Crippen LogP contribution in [0.25, 0.3) is 0 Å². The molecule has 158 valence electrons. The largest absolute Gasteiger partial charge is 0.357 e. The van der Waals surface area contributed by atoms with E-state index in [0.29, 0.717) is 23.8 Å². The molecule has 1 saturated heterocycles. The highest BCUT2D eigenvalue weighted by atomic mass is 32.2. The Morgan fingerprint density at radius 1 is 1.07 bits per heavy atom. The van der Waals surface area contributed by atoms with Crippen molar-refractivity contribution in [2.24, 2.45) is 4.99 Å². The van der Waals surface area contributed by atoms with Crippen LogP contribution in [-0.2, 0) is 23.0 Å². The third-order valence-electron chi connectivity index (χ3n) is 4.83. The third-order valence-corrected chi connectivity index (χ3v) is 8.27. The Kier molecular flexibility index (Phi) is 8.09. The molecule has 1 aromatic heterocycles. The lowest BCUT2D eigenvalue weighted by Crippen LogP contribution is -2.38. The van der Waals surface area contributed by atoms with Gasteiger partial charge in [0.05, 0.1) is 6.54 Å². The van der Waals surface area contributed by atoms with Gasteiger partial charge in [-0.3, -0.25) is 0 Å². The molecule has 8 heteroatoms. The second kappa shape index (κ2) is 10.8. The van der Waals surface area contributed by atoms with E-state index in [1.165, 1.54) is 16.9 Å². The van der Waals surface area contributed by atoms with Crippen LogP contribution in [0.2, 0.25) is 0 Å². The standard InChI is InChI=1S/C21H30N4O2S2/c1-2-22-21(23-14-13-18-9-5-3-6-10-18)24-17-19-11-12-20(28-19)29(26,27)25-15-7-4-8-16-25/h3,5-6,9-12H,2,4,7-8,13-17H2,1H3,(H2,22,23,24). The Hall–Kier alpha value is -1.90. The Balaban J connectivity index is 1.58. The maximum atomic E-state index is 12.8. The maximum Gasteiger partial charge on any atom is 0.252 e. The molecule has 1 aliphatic heterocycles. The van der Waals surface area contributed by atoms with Gasteiger partial charge in [-0.1, -0.05) is 36.8 Å². The van der Waals surface area contributed by atoms with Crippen LogP contribution >= 0.6 is 11.3 Å². The molecule has 0 spiro atoms. The minimum absolute atomic E-state index is 0.423. The monoisotopic (exact) mass is 434 g/mol. The summed E-state index contributed by atoms with van der Waals surface area (Å²) in [4.78, 5) is 5.56. The van der Waals surface area contributed by atoms with Gasteiger partial charge in [-0.2, -0.15) is 4.31 Å².